The molecule has 0 aliphatic heterocycles. The van der Waals surface area contributed by atoms with Gasteiger partial charge in [0.1, 0.15) is 0 Å². The van der Waals surface area contributed by atoms with Crippen molar-refractivity contribution in [2.75, 3.05) is 0 Å². The second-order valence-electron chi connectivity index (χ2n) is 3.01. The molecule has 0 aliphatic rings. The van der Waals surface area contributed by atoms with Gasteiger partial charge in [-0.05, 0) is 12.3 Å². The van der Waals surface area contributed by atoms with Crippen LogP contribution in [-0.2, 0) is 9.90 Å². The Balaban J connectivity index is 2.98. The van der Waals surface area contributed by atoms with Gasteiger partial charge in [0.25, 0.3) is 0 Å². The Hall–Kier alpha value is -0.530. The minimum Gasteiger partial charge on any atom is -0.247 e. The van der Waals surface area contributed by atoms with E-state index in [4.69, 9.17) is 0 Å². The van der Waals surface area contributed by atoms with Crippen LogP contribution in [0.5, 0.6) is 0 Å². The second kappa shape index (κ2) is 5.27. The molecule has 0 aromatic rings. The first kappa shape index (κ1) is 9.47. The van der Waals surface area contributed by atoms with E-state index >= 15 is 0 Å². The lowest BCUT2D eigenvalue weighted by Gasteiger charge is -2.00. The summed E-state index contributed by atoms with van der Waals surface area (Å²) in [5.74, 6) is -0.245. The maximum absolute atomic E-state index is 9.93. The molecule has 0 aromatic heterocycles. The molecule has 0 aromatic carbocycles. The van der Waals surface area contributed by atoms with Crippen molar-refractivity contribution in [3.05, 3.63) is 0 Å². The Morgan fingerprint density at radius 1 is 1.30 bits per heavy atom. The van der Waals surface area contributed by atoms with Crippen LogP contribution >= 0.6 is 0 Å². The summed E-state index contributed by atoms with van der Waals surface area (Å²) in [6.45, 7) is 4.28. The van der Waals surface area contributed by atoms with Gasteiger partial charge in [0.2, 0.25) is 0 Å². The Morgan fingerprint density at radius 3 is 2.30 bits per heavy atom. The summed E-state index contributed by atoms with van der Waals surface area (Å²) < 4.78 is 0. The maximum Gasteiger partial charge on any atom is 0.355 e. The van der Waals surface area contributed by atoms with E-state index in [0.29, 0.717) is 5.92 Å². The van der Waals surface area contributed by atoms with Crippen molar-refractivity contribution in [1.29, 1.82) is 0 Å². The molecular formula is C8H15O2. The van der Waals surface area contributed by atoms with Crippen LogP contribution in [0.25, 0.3) is 0 Å². The Labute approximate surface area is 62.2 Å². The van der Waals surface area contributed by atoms with Crippen molar-refractivity contribution in [2.45, 2.75) is 39.5 Å². The number of hydrogen-bond donors (Lipinski definition) is 0. The zero-order chi connectivity index (χ0) is 7.98. The SMILES string of the molecule is CC(C)CCCCC([O])=O. The summed E-state index contributed by atoms with van der Waals surface area (Å²) in [4.78, 5) is 9.93. The number of carbonyl (C=O) groups is 1. The van der Waals surface area contributed by atoms with Crippen molar-refractivity contribution in [1.82, 2.24) is 0 Å². The van der Waals surface area contributed by atoms with E-state index in [-0.39, 0.29) is 6.42 Å². The average molecular weight is 143 g/mol. The van der Waals surface area contributed by atoms with Crippen LogP contribution in [-0.4, -0.2) is 5.97 Å². The van der Waals surface area contributed by atoms with Gasteiger partial charge >= 0.3 is 5.97 Å². The van der Waals surface area contributed by atoms with Gasteiger partial charge in [-0.25, -0.2) is 9.90 Å². The van der Waals surface area contributed by atoms with Gasteiger partial charge in [-0.15, -0.1) is 0 Å². The van der Waals surface area contributed by atoms with Gasteiger partial charge in [0.15, 0.2) is 0 Å². The minimum atomic E-state index is -0.927. The fourth-order valence-electron chi connectivity index (χ4n) is 0.822. The predicted molar refractivity (Wildman–Crippen MR) is 39.0 cm³/mol. The lowest BCUT2D eigenvalue weighted by atomic mass is 10.1. The van der Waals surface area contributed by atoms with Gasteiger partial charge in [-0.2, -0.15) is 0 Å². The first-order valence-electron chi connectivity index (χ1n) is 3.82. The highest BCUT2D eigenvalue weighted by Crippen LogP contribution is 2.07. The highest BCUT2D eigenvalue weighted by atomic mass is 16.4. The Bertz CT molecular complexity index is 97.4. The standard InChI is InChI=1S/C8H15O2/c1-7(2)5-3-4-6-8(9)10/h7H,3-6H2,1-2H3. The molecule has 0 N–H and O–H groups in total. The third-order valence-electron chi connectivity index (χ3n) is 1.41. The van der Waals surface area contributed by atoms with Crippen LogP contribution < -0.4 is 0 Å². The topological polar surface area (TPSA) is 37.0 Å². The molecule has 0 amide bonds. The molecule has 0 rings (SSSR count). The molecule has 1 radical (unpaired) electrons. The molecule has 59 valence electrons. The van der Waals surface area contributed by atoms with Crippen LogP contribution in [0.15, 0.2) is 0 Å². The molecule has 2 nitrogen and oxygen atoms in total. The summed E-state index contributed by atoms with van der Waals surface area (Å²) in [5.41, 5.74) is 0. The van der Waals surface area contributed by atoms with Crippen molar-refractivity contribution in [3.8, 4) is 0 Å². The molecule has 0 fully saturated rings. The molecule has 0 bridgehead atoms. The number of carbonyl (C=O) groups excluding carboxylic acids is 1. The van der Waals surface area contributed by atoms with Crippen LogP contribution in [0.3, 0.4) is 0 Å². The molecular weight excluding hydrogens is 128 g/mol. The molecule has 0 unspecified atom stereocenters. The summed E-state index contributed by atoms with van der Waals surface area (Å²) in [6, 6.07) is 0. The summed E-state index contributed by atoms with van der Waals surface area (Å²) in [7, 11) is 0. The largest absolute Gasteiger partial charge is 0.355 e. The smallest absolute Gasteiger partial charge is 0.247 e. The van der Waals surface area contributed by atoms with Crippen LogP contribution in [0.1, 0.15) is 39.5 Å². The highest BCUT2D eigenvalue weighted by Gasteiger charge is 1.99. The lowest BCUT2D eigenvalue weighted by molar-refractivity contribution is -0.143. The van der Waals surface area contributed by atoms with Crippen molar-refractivity contribution in [2.24, 2.45) is 5.92 Å². The molecule has 0 saturated carbocycles. The number of hydrogen-bond acceptors (Lipinski definition) is 1. The number of rotatable bonds is 5. The predicted octanol–water partition coefficient (Wildman–Crippen LogP) is 2.16. The molecule has 0 aliphatic carbocycles. The molecule has 0 heterocycles. The third kappa shape index (κ3) is 7.47. The fourth-order valence-corrected chi connectivity index (χ4v) is 0.822. The van der Waals surface area contributed by atoms with E-state index in [1.54, 1.807) is 0 Å². The molecule has 0 saturated heterocycles. The van der Waals surface area contributed by atoms with E-state index in [0.717, 1.165) is 19.3 Å². The first-order valence-corrected chi connectivity index (χ1v) is 3.82. The van der Waals surface area contributed by atoms with E-state index < -0.39 is 5.97 Å². The molecule has 0 spiro atoms. The zero-order valence-corrected chi connectivity index (χ0v) is 6.72. The molecule has 10 heavy (non-hydrogen) atoms. The second-order valence-corrected chi connectivity index (χ2v) is 3.01. The van der Waals surface area contributed by atoms with Crippen molar-refractivity contribution >= 4 is 5.97 Å². The van der Waals surface area contributed by atoms with Gasteiger partial charge < -0.3 is 0 Å². The van der Waals surface area contributed by atoms with Crippen LogP contribution in [0, 0.1) is 5.92 Å². The monoisotopic (exact) mass is 143 g/mol. The Morgan fingerprint density at radius 2 is 1.90 bits per heavy atom. The summed E-state index contributed by atoms with van der Waals surface area (Å²) in [5, 5.41) is 9.93. The van der Waals surface area contributed by atoms with Crippen molar-refractivity contribution in [3.63, 3.8) is 0 Å². The van der Waals surface area contributed by atoms with Crippen LogP contribution in [0.4, 0.5) is 0 Å². The van der Waals surface area contributed by atoms with E-state index in [1.807, 2.05) is 0 Å². The van der Waals surface area contributed by atoms with Gasteiger partial charge in [0.05, 0.1) is 6.42 Å². The molecule has 2 heteroatoms. The highest BCUT2D eigenvalue weighted by molar-refractivity contribution is 5.66. The maximum atomic E-state index is 9.93. The Kier molecular flexibility index (Phi) is 4.99. The van der Waals surface area contributed by atoms with E-state index in [9.17, 15) is 9.90 Å². The third-order valence-corrected chi connectivity index (χ3v) is 1.41. The van der Waals surface area contributed by atoms with Gasteiger partial charge in [0, 0.05) is 0 Å². The van der Waals surface area contributed by atoms with E-state index in [1.165, 1.54) is 0 Å². The van der Waals surface area contributed by atoms with Gasteiger partial charge in [-0.3, -0.25) is 0 Å². The fraction of sp³-hybridized carbons (Fsp3) is 0.875. The van der Waals surface area contributed by atoms with E-state index in [2.05, 4.69) is 13.8 Å². The quantitative estimate of drug-likeness (QED) is 0.543. The molecule has 0 atom stereocenters. The normalized spacial score (nSPS) is 10.3. The van der Waals surface area contributed by atoms with Crippen LogP contribution in [0.2, 0.25) is 0 Å². The summed E-state index contributed by atoms with van der Waals surface area (Å²) >= 11 is 0. The zero-order valence-electron chi connectivity index (χ0n) is 6.72. The number of unbranched alkanes of at least 4 members (excludes halogenated alkanes) is 1. The summed E-state index contributed by atoms with van der Waals surface area (Å²) in [6.07, 6.45) is 3.10. The van der Waals surface area contributed by atoms with Crippen molar-refractivity contribution < 1.29 is 9.90 Å². The van der Waals surface area contributed by atoms with Gasteiger partial charge in [-0.1, -0.05) is 26.7 Å². The first-order chi connectivity index (χ1) is 4.63. The average Bonchev–Trinajstić information content (AvgIpc) is 1.79. The minimum absolute atomic E-state index is 0.215. The lowest BCUT2D eigenvalue weighted by Crippen LogP contribution is -1.93.